The highest BCUT2D eigenvalue weighted by atomic mass is 35.5. The third kappa shape index (κ3) is 4.97. The van der Waals surface area contributed by atoms with Crippen molar-refractivity contribution in [1.82, 2.24) is 4.90 Å². The van der Waals surface area contributed by atoms with Crippen LogP contribution in [0, 0.1) is 13.8 Å². The normalized spacial score (nSPS) is 10.4. The van der Waals surface area contributed by atoms with Gasteiger partial charge in [-0.3, -0.25) is 4.79 Å². The Balaban J connectivity index is 1.92. The van der Waals surface area contributed by atoms with E-state index in [1.807, 2.05) is 26.0 Å². The first-order valence-electron chi connectivity index (χ1n) is 7.80. The molecule has 0 aromatic heterocycles. The first-order chi connectivity index (χ1) is 11.8. The lowest BCUT2D eigenvalue weighted by Gasteiger charge is -2.18. The summed E-state index contributed by atoms with van der Waals surface area (Å²) in [6.45, 7) is 4.15. The van der Waals surface area contributed by atoms with E-state index < -0.39 is 5.97 Å². The summed E-state index contributed by atoms with van der Waals surface area (Å²) >= 11 is 5.82. The van der Waals surface area contributed by atoms with Crippen LogP contribution in [0.5, 0.6) is 0 Å². The van der Waals surface area contributed by atoms with Gasteiger partial charge in [0.05, 0.1) is 16.3 Å². The van der Waals surface area contributed by atoms with E-state index in [0.29, 0.717) is 11.6 Å². The number of nitrogens with two attached hydrogens (primary N) is 1. The molecule has 0 aliphatic rings. The number of likely N-dealkylation sites (N-methyl/N-ethyl adjacent to an activating group) is 1. The topological polar surface area (TPSA) is 72.6 Å². The minimum absolute atomic E-state index is 0.256. The second kappa shape index (κ2) is 8.03. The van der Waals surface area contributed by atoms with Crippen LogP contribution in [0.4, 0.5) is 5.69 Å². The number of hydrogen-bond donors (Lipinski definition) is 1. The highest BCUT2D eigenvalue weighted by Crippen LogP contribution is 2.20. The van der Waals surface area contributed by atoms with Crippen molar-refractivity contribution in [3.8, 4) is 0 Å². The van der Waals surface area contributed by atoms with Crippen molar-refractivity contribution in [3.63, 3.8) is 0 Å². The molecule has 1 amide bonds. The molecule has 0 saturated carbocycles. The maximum Gasteiger partial charge on any atom is 0.338 e. The maximum atomic E-state index is 12.2. The summed E-state index contributed by atoms with van der Waals surface area (Å²) in [5.74, 6) is -0.896. The zero-order chi connectivity index (χ0) is 18.6. The van der Waals surface area contributed by atoms with E-state index in [9.17, 15) is 9.59 Å². The van der Waals surface area contributed by atoms with Gasteiger partial charge in [-0.1, -0.05) is 35.4 Å². The van der Waals surface area contributed by atoms with E-state index in [1.54, 1.807) is 7.05 Å². The summed E-state index contributed by atoms with van der Waals surface area (Å²) < 4.78 is 5.06. The van der Waals surface area contributed by atoms with Crippen LogP contribution in [0.1, 0.15) is 27.0 Å². The van der Waals surface area contributed by atoms with Crippen LogP contribution < -0.4 is 5.73 Å². The number of carbonyl (C=O) groups excluding carboxylic acids is 2. The number of halogens is 1. The van der Waals surface area contributed by atoms with E-state index >= 15 is 0 Å². The number of anilines is 1. The third-order valence-corrected chi connectivity index (χ3v) is 4.23. The maximum absolute atomic E-state index is 12.2. The molecule has 5 nitrogen and oxygen atoms in total. The number of aryl methyl sites for hydroxylation is 2. The van der Waals surface area contributed by atoms with Gasteiger partial charge in [0.1, 0.15) is 0 Å². The van der Waals surface area contributed by atoms with E-state index in [2.05, 4.69) is 6.07 Å². The molecule has 0 aliphatic heterocycles. The average molecular weight is 361 g/mol. The number of carbonyl (C=O) groups is 2. The molecule has 0 radical (unpaired) electrons. The lowest BCUT2D eigenvalue weighted by atomic mass is 10.1. The van der Waals surface area contributed by atoms with Gasteiger partial charge < -0.3 is 15.4 Å². The fourth-order valence-corrected chi connectivity index (χ4v) is 2.48. The minimum atomic E-state index is -0.614. The Morgan fingerprint density at radius 3 is 2.52 bits per heavy atom. The molecule has 0 heterocycles. The molecule has 2 aromatic carbocycles. The summed E-state index contributed by atoms with van der Waals surface area (Å²) in [6, 6.07) is 10.5. The third-order valence-electron chi connectivity index (χ3n) is 3.89. The summed E-state index contributed by atoms with van der Waals surface area (Å²) in [5.41, 5.74) is 9.55. The van der Waals surface area contributed by atoms with Gasteiger partial charge in [-0.15, -0.1) is 0 Å². The van der Waals surface area contributed by atoms with Gasteiger partial charge >= 0.3 is 5.97 Å². The van der Waals surface area contributed by atoms with Crippen LogP contribution in [0.2, 0.25) is 5.02 Å². The second-order valence-electron chi connectivity index (χ2n) is 5.99. The molecule has 132 valence electrons. The van der Waals surface area contributed by atoms with Gasteiger partial charge in [-0.25, -0.2) is 4.79 Å². The summed E-state index contributed by atoms with van der Waals surface area (Å²) in [4.78, 5) is 25.7. The van der Waals surface area contributed by atoms with Crippen LogP contribution in [-0.4, -0.2) is 30.4 Å². The van der Waals surface area contributed by atoms with E-state index in [-0.39, 0.29) is 23.8 Å². The molecule has 2 rings (SSSR count). The lowest BCUT2D eigenvalue weighted by molar-refractivity contribution is -0.133. The Morgan fingerprint density at radius 1 is 1.16 bits per heavy atom. The van der Waals surface area contributed by atoms with Gasteiger partial charge in [0.25, 0.3) is 5.91 Å². The van der Waals surface area contributed by atoms with Crippen molar-refractivity contribution in [2.24, 2.45) is 0 Å². The van der Waals surface area contributed by atoms with Crippen LogP contribution >= 0.6 is 11.6 Å². The number of esters is 1. The average Bonchev–Trinajstić information content (AvgIpc) is 2.57. The van der Waals surface area contributed by atoms with Crippen LogP contribution in [0.15, 0.2) is 36.4 Å². The quantitative estimate of drug-likeness (QED) is 0.655. The van der Waals surface area contributed by atoms with Crippen molar-refractivity contribution in [2.45, 2.75) is 20.4 Å². The molecule has 0 aliphatic carbocycles. The van der Waals surface area contributed by atoms with Gasteiger partial charge in [-0.2, -0.15) is 0 Å². The first kappa shape index (κ1) is 18.8. The van der Waals surface area contributed by atoms with Crippen LogP contribution in [-0.2, 0) is 16.1 Å². The zero-order valence-corrected chi connectivity index (χ0v) is 15.3. The van der Waals surface area contributed by atoms with E-state index in [1.165, 1.54) is 28.7 Å². The second-order valence-corrected chi connectivity index (χ2v) is 6.40. The molecule has 0 atom stereocenters. The van der Waals surface area contributed by atoms with Crippen molar-refractivity contribution in [3.05, 3.63) is 63.7 Å². The molecule has 0 unspecified atom stereocenters. The Bertz CT molecular complexity index is 805. The van der Waals surface area contributed by atoms with Crippen molar-refractivity contribution < 1.29 is 14.3 Å². The van der Waals surface area contributed by atoms with Crippen molar-refractivity contribution >= 4 is 29.2 Å². The molecular weight excluding hydrogens is 340 g/mol. The van der Waals surface area contributed by atoms with E-state index in [4.69, 9.17) is 22.1 Å². The number of ether oxygens (including phenoxy) is 1. The Morgan fingerprint density at radius 2 is 1.88 bits per heavy atom. The molecular formula is C19H21ClN2O3. The molecule has 25 heavy (non-hydrogen) atoms. The van der Waals surface area contributed by atoms with Gasteiger partial charge in [0.15, 0.2) is 6.61 Å². The number of benzene rings is 2. The summed E-state index contributed by atoms with van der Waals surface area (Å²) in [6.07, 6.45) is 0. The zero-order valence-electron chi connectivity index (χ0n) is 14.5. The molecule has 0 bridgehead atoms. The highest BCUT2D eigenvalue weighted by Gasteiger charge is 2.15. The molecule has 0 spiro atoms. The molecule has 0 saturated heterocycles. The van der Waals surface area contributed by atoms with Gasteiger partial charge in [0.2, 0.25) is 0 Å². The number of amides is 1. The fourth-order valence-electron chi connectivity index (χ4n) is 2.36. The predicted molar refractivity (Wildman–Crippen MR) is 98.5 cm³/mol. The minimum Gasteiger partial charge on any atom is -0.452 e. The molecule has 2 aromatic rings. The summed E-state index contributed by atoms with van der Waals surface area (Å²) in [7, 11) is 1.68. The monoisotopic (exact) mass is 360 g/mol. The fraction of sp³-hybridized carbons (Fsp3) is 0.263. The molecule has 6 heteroatoms. The first-order valence-corrected chi connectivity index (χ1v) is 8.18. The summed E-state index contributed by atoms with van der Waals surface area (Å²) in [5, 5.41) is 0.362. The van der Waals surface area contributed by atoms with Crippen molar-refractivity contribution in [1.29, 1.82) is 0 Å². The SMILES string of the molecule is Cc1ccc(CN(C)C(=O)COC(=O)c2ccc(Cl)c(N)c2)c(C)c1. The van der Waals surface area contributed by atoms with Gasteiger partial charge in [0, 0.05) is 13.6 Å². The van der Waals surface area contributed by atoms with E-state index in [0.717, 1.165) is 11.1 Å². The van der Waals surface area contributed by atoms with Crippen molar-refractivity contribution in [2.75, 3.05) is 19.4 Å². The van der Waals surface area contributed by atoms with Crippen LogP contribution in [0.25, 0.3) is 0 Å². The number of hydrogen-bond acceptors (Lipinski definition) is 4. The predicted octanol–water partition coefficient (Wildman–Crippen LogP) is 3.35. The standard InChI is InChI=1S/C19H21ClN2O3/c1-12-4-5-15(13(2)8-12)10-22(3)18(23)11-25-19(24)14-6-7-16(20)17(21)9-14/h4-9H,10-11,21H2,1-3H3. The number of nitrogens with zero attached hydrogens (tertiary/aromatic N) is 1. The Kier molecular flexibility index (Phi) is 6.04. The number of rotatable bonds is 5. The highest BCUT2D eigenvalue weighted by molar-refractivity contribution is 6.33. The number of nitrogen functional groups attached to an aromatic ring is 1. The Labute approximate surface area is 152 Å². The lowest BCUT2D eigenvalue weighted by Crippen LogP contribution is -2.31. The molecule has 2 N–H and O–H groups in total. The largest absolute Gasteiger partial charge is 0.452 e. The van der Waals surface area contributed by atoms with Crippen LogP contribution in [0.3, 0.4) is 0 Å². The van der Waals surface area contributed by atoms with Gasteiger partial charge in [-0.05, 0) is 43.2 Å². The Hall–Kier alpha value is -2.53. The molecule has 0 fully saturated rings. The smallest absolute Gasteiger partial charge is 0.338 e.